The molecule has 0 radical (unpaired) electrons. The summed E-state index contributed by atoms with van der Waals surface area (Å²) in [4.78, 5) is 15.1. The number of para-hydroxylation sites is 2. The summed E-state index contributed by atoms with van der Waals surface area (Å²) in [7, 11) is 3.33. The number of rotatable bonds is 8. The Kier molecular flexibility index (Phi) is 7.31. The largest absolute Gasteiger partial charge is 0.496 e. The first-order valence-electron chi connectivity index (χ1n) is 9.98. The molecule has 1 aliphatic heterocycles. The minimum absolute atomic E-state index is 0.00130. The fourth-order valence-electron chi connectivity index (χ4n) is 3.90. The minimum atomic E-state index is 0.00130. The number of methoxy groups -OCH3 is 2. The lowest BCUT2D eigenvalue weighted by atomic mass is 10.0. The van der Waals surface area contributed by atoms with E-state index in [9.17, 15) is 4.79 Å². The summed E-state index contributed by atoms with van der Waals surface area (Å²) in [6.07, 6.45) is 3.97. The molecule has 0 bridgehead atoms. The third-order valence-corrected chi connectivity index (χ3v) is 5.37. The zero-order valence-corrected chi connectivity index (χ0v) is 16.8. The Balaban J connectivity index is 1.71. The van der Waals surface area contributed by atoms with E-state index in [2.05, 4.69) is 16.3 Å². The fourth-order valence-corrected chi connectivity index (χ4v) is 3.90. The van der Waals surface area contributed by atoms with Crippen LogP contribution in [0.5, 0.6) is 11.5 Å². The van der Waals surface area contributed by atoms with Crippen molar-refractivity contribution in [2.75, 3.05) is 33.9 Å². The van der Waals surface area contributed by atoms with Crippen LogP contribution in [0.2, 0.25) is 0 Å². The summed E-state index contributed by atoms with van der Waals surface area (Å²) >= 11 is 0. The number of carbonyl (C=O) groups is 1. The number of benzene rings is 2. The summed E-state index contributed by atoms with van der Waals surface area (Å²) in [5.74, 6) is 1.62. The SMILES string of the molecule is COc1ccccc1CC(=O)NCC(c1ccccc1OC)N1CCCCC1. The molecule has 2 aromatic carbocycles. The van der Waals surface area contributed by atoms with E-state index >= 15 is 0 Å². The van der Waals surface area contributed by atoms with Gasteiger partial charge >= 0.3 is 0 Å². The van der Waals surface area contributed by atoms with E-state index in [4.69, 9.17) is 9.47 Å². The highest BCUT2D eigenvalue weighted by Crippen LogP contribution is 2.31. The van der Waals surface area contributed by atoms with Gasteiger partial charge in [0, 0.05) is 17.7 Å². The van der Waals surface area contributed by atoms with Crippen LogP contribution < -0.4 is 14.8 Å². The Bertz CT molecular complexity index is 772. The van der Waals surface area contributed by atoms with E-state index in [-0.39, 0.29) is 11.9 Å². The number of nitrogens with one attached hydrogen (secondary N) is 1. The van der Waals surface area contributed by atoms with E-state index < -0.39 is 0 Å². The van der Waals surface area contributed by atoms with Gasteiger partial charge in [-0.15, -0.1) is 0 Å². The highest BCUT2D eigenvalue weighted by molar-refractivity contribution is 5.79. The molecule has 5 heteroatoms. The molecule has 1 unspecified atom stereocenters. The minimum Gasteiger partial charge on any atom is -0.496 e. The molecule has 0 aromatic heterocycles. The van der Waals surface area contributed by atoms with Crippen molar-refractivity contribution in [3.63, 3.8) is 0 Å². The van der Waals surface area contributed by atoms with Crippen LogP contribution in [0.15, 0.2) is 48.5 Å². The van der Waals surface area contributed by atoms with Gasteiger partial charge in [-0.1, -0.05) is 42.8 Å². The summed E-state index contributed by atoms with van der Waals surface area (Å²) in [5, 5.41) is 3.14. The van der Waals surface area contributed by atoms with Gasteiger partial charge in [-0.2, -0.15) is 0 Å². The summed E-state index contributed by atoms with van der Waals surface area (Å²) in [5.41, 5.74) is 2.03. The summed E-state index contributed by atoms with van der Waals surface area (Å²) in [6.45, 7) is 2.66. The Labute approximate surface area is 167 Å². The van der Waals surface area contributed by atoms with Gasteiger partial charge in [0.05, 0.1) is 26.7 Å². The second-order valence-corrected chi connectivity index (χ2v) is 7.15. The molecule has 28 heavy (non-hydrogen) atoms. The van der Waals surface area contributed by atoms with Crippen LogP contribution >= 0.6 is 0 Å². The van der Waals surface area contributed by atoms with Crippen LogP contribution in [0, 0.1) is 0 Å². The van der Waals surface area contributed by atoms with Gasteiger partial charge in [-0.05, 0) is 38.1 Å². The number of nitrogens with zero attached hydrogens (tertiary/aromatic N) is 1. The van der Waals surface area contributed by atoms with E-state index in [0.717, 1.165) is 35.7 Å². The molecule has 1 amide bonds. The predicted octanol–water partition coefficient (Wildman–Crippen LogP) is 3.59. The maximum absolute atomic E-state index is 12.6. The average Bonchev–Trinajstić information content (AvgIpc) is 2.75. The van der Waals surface area contributed by atoms with E-state index in [1.54, 1.807) is 14.2 Å². The molecule has 1 atom stereocenters. The molecule has 0 aliphatic carbocycles. The van der Waals surface area contributed by atoms with Crippen LogP contribution in [0.25, 0.3) is 0 Å². The van der Waals surface area contributed by atoms with Crippen LogP contribution in [0.3, 0.4) is 0 Å². The predicted molar refractivity (Wildman–Crippen MR) is 111 cm³/mol. The number of piperidine rings is 1. The monoisotopic (exact) mass is 382 g/mol. The second-order valence-electron chi connectivity index (χ2n) is 7.15. The van der Waals surface area contributed by atoms with Gasteiger partial charge in [0.1, 0.15) is 11.5 Å². The Morgan fingerprint density at radius 1 is 0.964 bits per heavy atom. The molecular formula is C23H30N2O3. The molecule has 3 rings (SSSR count). The van der Waals surface area contributed by atoms with Crippen molar-refractivity contribution in [1.29, 1.82) is 0 Å². The van der Waals surface area contributed by atoms with Crippen molar-refractivity contribution in [3.05, 3.63) is 59.7 Å². The second kappa shape index (κ2) is 10.1. The smallest absolute Gasteiger partial charge is 0.224 e. The normalized spacial score (nSPS) is 15.6. The first kappa shape index (κ1) is 20.2. The third-order valence-electron chi connectivity index (χ3n) is 5.37. The number of carbonyl (C=O) groups excluding carboxylic acids is 1. The lowest BCUT2D eigenvalue weighted by Crippen LogP contribution is -2.41. The first-order chi connectivity index (χ1) is 13.7. The van der Waals surface area contributed by atoms with E-state index in [1.807, 2.05) is 42.5 Å². The summed E-state index contributed by atoms with van der Waals surface area (Å²) < 4.78 is 11.0. The van der Waals surface area contributed by atoms with Gasteiger partial charge in [-0.25, -0.2) is 0 Å². The molecule has 1 saturated heterocycles. The quantitative estimate of drug-likeness (QED) is 0.758. The average molecular weight is 383 g/mol. The zero-order valence-electron chi connectivity index (χ0n) is 16.8. The van der Waals surface area contributed by atoms with E-state index in [0.29, 0.717) is 13.0 Å². The Morgan fingerprint density at radius 3 is 2.32 bits per heavy atom. The Hall–Kier alpha value is -2.53. The number of likely N-dealkylation sites (tertiary alicyclic amines) is 1. The van der Waals surface area contributed by atoms with Gasteiger partial charge in [0.25, 0.3) is 0 Å². The molecule has 1 fully saturated rings. The number of hydrogen-bond donors (Lipinski definition) is 1. The zero-order chi connectivity index (χ0) is 19.8. The van der Waals surface area contributed by atoms with Crippen LogP contribution in [0.1, 0.15) is 36.4 Å². The number of ether oxygens (including phenoxy) is 2. The first-order valence-corrected chi connectivity index (χ1v) is 9.98. The number of amides is 1. The van der Waals surface area contributed by atoms with Crippen LogP contribution in [-0.4, -0.2) is 44.7 Å². The van der Waals surface area contributed by atoms with Crippen molar-refractivity contribution >= 4 is 5.91 Å². The summed E-state index contributed by atoms with van der Waals surface area (Å²) in [6, 6.07) is 15.9. The third kappa shape index (κ3) is 5.04. The van der Waals surface area contributed by atoms with Crippen molar-refractivity contribution in [2.45, 2.75) is 31.7 Å². The molecule has 5 nitrogen and oxygen atoms in total. The van der Waals surface area contributed by atoms with Crippen LogP contribution in [0.4, 0.5) is 0 Å². The molecule has 2 aromatic rings. The topological polar surface area (TPSA) is 50.8 Å². The maximum atomic E-state index is 12.6. The Morgan fingerprint density at radius 2 is 1.61 bits per heavy atom. The van der Waals surface area contributed by atoms with Crippen molar-refractivity contribution in [2.24, 2.45) is 0 Å². The molecule has 150 valence electrons. The standard InChI is InChI=1S/C23H30N2O3/c1-27-21-12-6-4-10-18(21)16-23(26)24-17-20(25-14-8-3-9-15-25)19-11-5-7-13-22(19)28-2/h4-7,10-13,20H,3,8-9,14-17H2,1-2H3,(H,24,26). The van der Waals surface area contributed by atoms with Crippen molar-refractivity contribution in [1.82, 2.24) is 10.2 Å². The molecule has 1 aliphatic rings. The molecule has 0 saturated carbocycles. The fraction of sp³-hybridized carbons (Fsp3) is 0.435. The molecular weight excluding hydrogens is 352 g/mol. The highest BCUT2D eigenvalue weighted by Gasteiger charge is 2.25. The maximum Gasteiger partial charge on any atom is 0.224 e. The lowest BCUT2D eigenvalue weighted by Gasteiger charge is -2.35. The van der Waals surface area contributed by atoms with Gasteiger partial charge in [0.2, 0.25) is 5.91 Å². The molecule has 1 N–H and O–H groups in total. The van der Waals surface area contributed by atoms with Gasteiger partial charge in [-0.3, -0.25) is 9.69 Å². The van der Waals surface area contributed by atoms with Crippen molar-refractivity contribution < 1.29 is 14.3 Å². The highest BCUT2D eigenvalue weighted by atomic mass is 16.5. The van der Waals surface area contributed by atoms with Crippen LogP contribution in [-0.2, 0) is 11.2 Å². The molecule has 0 spiro atoms. The van der Waals surface area contributed by atoms with Gasteiger partial charge in [0.15, 0.2) is 0 Å². The van der Waals surface area contributed by atoms with E-state index in [1.165, 1.54) is 19.3 Å². The van der Waals surface area contributed by atoms with Crippen molar-refractivity contribution in [3.8, 4) is 11.5 Å². The van der Waals surface area contributed by atoms with Gasteiger partial charge < -0.3 is 14.8 Å². The molecule has 1 heterocycles. The lowest BCUT2D eigenvalue weighted by molar-refractivity contribution is -0.120. The number of hydrogen-bond acceptors (Lipinski definition) is 4.